The average molecular weight is 224 g/mol. The van der Waals surface area contributed by atoms with E-state index in [9.17, 15) is 0 Å². The van der Waals surface area contributed by atoms with Gasteiger partial charge in [-0.1, -0.05) is 62.3 Å². The van der Waals surface area contributed by atoms with Gasteiger partial charge in [0, 0.05) is 0 Å². The van der Waals surface area contributed by atoms with Crippen LogP contribution in [0.3, 0.4) is 0 Å². The van der Waals surface area contributed by atoms with Crippen LogP contribution in [0.4, 0.5) is 0 Å². The van der Waals surface area contributed by atoms with Gasteiger partial charge in [0.05, 0.1) is 0 Å². The number of hydrogen-bond donors (Lipinski definition) is 0. The van der Waals surface area contributed by atoms with Crippen LogP contribution in [-0.4, -0.2) is 0 Å². The normalized spacial score (nSPS) is 41.4. The zero-order chi connectivity index (χ0) is 12.9. The van der Waals surface area contributed by atoms with E-state index < -0.39 is 0 Å². The van der Waals surface area contributed by atoms with Gasteiger partial charge in [0.2, 0.25) is 0 Å². The third-order valence-electron chi connectivity index (χ3n) is 6.77. The molecule has 4 unspecified atom stereocenters. The predicted octanol–water partition coefficient (Wildman–Crippen LogP) is 5.38. The van der Waals surface area contributed by atoms with Crippen molar-refractivity contribution in [1.29, 1.82) is 0 Å². The Morgan fingerprint density at radius 3 is 1.62 bits per heavy atom. The van der Waals surface area contributed by atoms with E-state index in [-0.39, 0.29) is 0 Å². The van der Waals surface area contributed by atoms with Crippen LogP contribution in [0.25, 0.3) is 0 Å². The largest absolute Gasteiger partial charge is 0.0622 e. The first kappa shape index (κ1) is 14.1. The molecule has 1 rings (SSSR count). The van der Waals surface area contributed by atoms with Crippen molar-refractivity contribution in [2.24, 2.45) is 34.0 Å². The molecule has 0 aromatic rings. The van der Waals surface area contributed by atoms with Crippen molar-refractivity contribution in [2.45, 2.75) is 68.7 Å². The van der Waals surface area contributed by atoms with Gasteiger partial charge < -0.3 is 0 Å². The minimum Gasteiger partial charge on any atom is -0.0622 e. The molecule has 1 aliphatic rings. The van der Waals surface area contributed by atoms with Crippen molar-refractivity contribution in [1.82, 2.24) is 0 Å². The second-order valence-electron chi connectivity index (χ2n) is 8.06. The highest BCUT2D eigenvalue weighted by atomic mass is 14.6. The summed E-state index contributed by atoms with van der Waals surface area (Å²) in [6.07, 6.45) is 1.40. The maximum atomic E-state index is 2.54. The zero-order valence-electron chi connectivity index (χ0n) is 12.9. The quantitative estimate of drug-likeness (QED) is 0.561. The molecule has 0 amide bonds. The Labute approximate surface area is 103 Å². The first-order chi connectivity index (χ1) is 6.96. The molecule has 4 atom stereocenters. The third kappa shape index (κ3) is 1.64. The summed E-state index contributed by atoms with van der Waals surface area (Å²) < 4.78 is 0. The highest BCUT2D eigenvalue weighted by molar-refractivity contribution is 5.06. The lowest BCUT2D eigenvalue weighted by Gasteiger charge is -2.55. The van der Waals surface area contributed by atoms with Crippen LogP contribution in [0.1, 0.15) is 68.7 Å². The van der Waals surface area contributed by atoms with Crippen LogP contribution in [0.15, 0.2) is 0 Å². The molecule has 0 saturated heterocycles. The van der Waals surface area contributed by atoms with Gasteiger partial charge in [0.1, 0.15) is 0 Å². The second-order valence-corrected chi connectivity index (χ2v) is 8.06. The minimum absolute atomic E-state index is 0.369. The molecule has 0 N–H and O–H groups in total. The molecule has 1 aliphatic carbocycles. The van der Waals surface area contributed by atoms with Crippen LogP contribution >= 0.6 is 0 Å². The highest BCUT2D eigenvalue weighted by Crippen LogP contribution is 2.64. The summed E-state index contributed by atoms with van der Waals surface area (Å²) in [5.41, 5.74) is 1.21. The van der Waals surface area contributed by atoms with Gasteiger partial charge in [-0.05, 0) is 40.4 Å². The molecule has 1 saturated carbocycles. The molecule has 0 aromatic carbocycles. The van der Waals surface area contributed by atoms with Crippen molar-refractivity contribution in [3.63, 3.8) is 0 Å². The molecule has 16 heavy (non-hydrogen) atoms. The molecule has 0 aliphatic heterocycles. The molecule has 0 bridgehead atoms. The fraction of sp³-hybridized carbons (Fsp3) is 1.00. The third-order valence-corrected chi connectivity index (χ3v) is 6.77. The Kier molecular flexibility index (Phi) is 3.30. The molecule has 0 aromatic heterocycles. The standard InChI is InChI=1S/C16H32/c1-11-10-12(2)16(9,13(11)3)15(7,8)14(4,5)6/h11-13H,10H2,1-9H3. The first-order valence-corrected chi connectivity index (χ1v) is 6.96. The number of rotatable bonds is 1. The Morgan fingerprint density at radius 2 is 1.38 bits per heavy atom. The van der Waals surface area contributed by atoms with E-state index >= 15 is 0 Å². The van der Waals surface area contributed by atoms with E-state index in [2.05, 4.69) is 62.3 Å². The molecule has 1 fully saturated rings. The van der Waals surface area contributed by atoms with E-state index in [0.717, 1.165) is 17.8 Å². The van der Waals surface area contributed by atoms with E-state index in [1.807, 2.05) is 0 Å². The summed E-state index contributed by atoms with van der Waals surface area (Å²) in [5.74, 6) is 2.55. The summed E-state index contributed by atoms with van der Waals surface area (Å²) in [5, 5.41) is 0. The molecule has 0 heteroatoms. The minimum atomic E-state index is 0.369. The van der Waals surface area contributed by atoms with Gasteiger partial charge in [-0.15, -0.1) is 0 Å². The van der Waals surface area contributed by atoms with Crippen molar-refractivity contribution in [2.75, 3.05) is 0 Å². The Morgan fingerprint density at radius 1 is 0.938 bits per heavy atom. The van der Waals surface area contributed by atoms with Gasteiger partial charge in [-0.25, -0.2) is 0 Å². The summed E-state index contributed by atoms with van der Waals surface area (Å²) in [4.78, 5) is 0. The SMILES string of the molecule is CC1CC(C)C(C)(C(C)(C)C(C)(C)C)C1C. The van der Waals surface area contributed by atoms with E-state index in [4.69, 9.17) is 0 Å². The van der Waals surface area contributed by atoms with Crippen LogP contribution in [-0.2, 0) is 0 Å². The lowest BCUT2D eigenvalue weighted by atomic mass is 9.49. The monoisotopic (exact) mass is 224 g/mol. The van der Waals surface area contributed by atoms with Gasteiger partial charge in [-0.2, -0.15) is 0 Å². The van der Waals surface area contributed by atoms with Crippen molar-refractivity contribution < 1.29 is 0 Å². The molecular formula is C16H32. The topological polar surface area (TPSA) is 0 Å². The highest BCUT2D eigenvalue weighted by Gasteiger charge is 2.57. The summed E-state index contributed by atoms with van der Waals surface area (Å²) in [6, 6.07) is 0. The first-order valence-electron chi connectivity index (χ1n) is 6.96. The van der Waals surface area contributed by atoms with Gasteiger partial charge >= 0.3 is 0 Å². The maximum Gasteiger partial charge on any atom is -0.0216 e. The zero-order valence-corrected chi connectivity index (χ0v) is 12.9. The summed E-state index contributed by atoms with van der Waals surface area (Å²) >= 11 is 0. The van der Waals surface area contributed by atoms with Gasteiger partial charge in [0.25, 0.3) is 0 Å². The lowest BCUT2D eigenvalue weighted by molar-refractivity contribution is -0.0718. The van der Waals surface area contributed by atoms with E-state index in [1.54, 1.807) is 0 Å². The molecule has 0 spiro atoms. The fourth-order valence-corrected chi connectivity index (χ4v) is 4.04. The van der Waals surface area contributed by atoms with Crippen LogP contribution in [0.5, 0.6) is 0 Å². The van der Waals surface area contributed by atoms with Crippen LogP contribution in [0.2, 0.25) is 0 Å². The average Bonchev–Trinajstić information content (AvgIpc) is 2.29. The second kappa shape index (κ2) is 3.75. The molecule has 0 radical (unpaired) electrons. The van der Waals surface area contributed by atoms with Crippen LogP contribution in [0, 0.1) is 34.0 Å². The molecular weight excluding hydrogens is 192 g/mol. The molecule has 0 nitrogen and oxygen atoms in total. The van der Waals surface area contributed by atoms with Gasteiger partial charge in [0.15, 0.2) is 0 Å². The Balaban J connectivity index is 3.20. The summed E-state index contributed by atoms with van der Waals surface area (Å²) in [6.45, 7) is 22.1. The molecule has 96 valence electrons. The maximum absolute atomic E-state index is 2.54. The Hall–Kier alpha value is 0. The summed E-state index contributed by atoms with van der Waals surface area (Å²) in [7, 11) is 0. The fourth-order valence-electron chi connectivity index (χ4n) is 4.04. The van der Waals surface area contributed by atoms with Crippen molar-refractivity contribution in [3.05, 3.63) is 0 Å². The molecule has 0 heterocycles. The smallest absolute Gasteiger partial charge is 0.0216 e. The lowest BCUT2D eigenvalue weighted by Crippen LogP contribution is -2.49. The van der Waals surface area contributed by atoms with Crippen LogP contribution < -0.4 is 0 Å². The van der Waals surface area contributed by atoms with E-state index in [0.29, 0.717) is 16.2 Å². The van der Waals surface area contributed by atoms with Gasteiger partial charge in [-0.3, -0.25) is 0 Å². The number of hydrogen-bond acceptors (Lipinski definition) is 0. The Bertz CT molecular complexity index is 256. The van der Waals surface area contributed by atoms with Crippen molar-refractivity contribution in [3.8, 4) is 0 Å². The van der Waals surface area contributed by atoms with Crippen molar-refractivity contribution >= 4 is 0 Å². The predicted molar refractivity (Wildman–Crippen MR) is 73.5 cm³/mol. The van der Waals surface area contributed by atoms with E-state index in [1.165, 1.54) is 6.42 Å².